The molecule has 2 aliphatic carbocycles. The van der Waals surface area contributed by atoms with Crippen LogP contribution in [0.2, 0.25) is 0 Å². The highest BCUT2D eigenvalue weighted by Gasteiger charge is 2.43. The predicted molar refractivity (Wildman–Crippen MR) is 135 cm³/mol. The molecule has 32 heavy (non-hydrogen) atoms. The topological polar surface area (TPSA) is 48.5 Å². The van der Waals surface area contributed by atoms with Gasteiger partial charge in [-0.25, -0.2) is 0 Å². The van der Waals surface area contributed by atoms with Crippen molar-refractivity contribution in [1.29, 1.82) is 0 Å². The van der Waals surface area contributed by atoms with Crippen molar-refractivity contribution in [3.63, 3.8) is 0 Å². The van der Waals surface area contributed by atoms with Crippen molar-refractivity contribution in [1.82, 2.24) is 9.88 Å². The van der Waals surface area contributed by atoms with Crippen LogP contribution in [-0.4, -0.2) is 48.1 Å². The van der Waals surface area contributed by atoms with Gasteiger partial charge in [0.15, 0.2) is 5.78 Å². The Kier molecular flexibility index (Phi) is 6.26. The number of carbonyl (C=O) groups excluding carboxylic acids is 1. The van der Waals surface area contributed by atoms with Crippen LogP contribution >= 0.6 is 0 Å². The highest BCUT2D eigenvalue weighted by molar-refractivity contribution is 6.14. The molecule has 0 bridgehead atoms. The molecule has 1 aromatic heterocycles. The minimum Gasteiger partial charge on any atom is -0.358 e. The molecule has 0 spiro atoms. The molecule has 4 rings (SSSR count). The van der Waals surface area contributed by atoms with Gasteiger partial charge >= 0.3 is 0 Å². The van der Waals surface area contributed by atoms with Gasteiger partial charge in [0, 0.05) is 46.6 Å². The van der Waals surface area contributed by atoms with Gasteiger partial charge in [-0.1, -0.05) is 57.6 Å². The van der Waals surface area contributed by atoms with Crippen molar-refractivity contribution < 1.29 is 4.79 Å². The summed E-state index contributed by atoms with van der Waals surface area (Å²) >= 11 is 0. The summed E-state index contributed by atoms with van der Waals surface area (Å²) in [6.07, 6.45) is 13.9. The molecule has 4 nitrogen and oxygen atoms in total. The van der Waals surface area contributed by atoms with Gasteiger partial charge in [0.1, 0.15) is 0 Å². The van der Waals surface area contributed by atoms with E-state index in [1.807, 2.05) is 25.3 Å². The second-order valence-corrected chi connectivity index (χ2v) is 9.97. The number of aromatic amines is 1. The fourth-order valence-corrected chi connectivity index (χ4v) is 5.73. The van der Waals surface area contributed by atoms with Crippen LogP contribution in [0, 0.1) is 0 Å². The van der Waals surface area contributed by atoms with Crippen LogP contribution in [0.25, 0.3) is 12.7 Å². The molecular formula is C28H37N3O. The number of ketones is 1. The molecule has 1 N–H and O–H groups in total. The number of aromatic nitrogens is 1. The maximum Gasteiger partial charge on any atom is 0.195 e. The Hall–Kier alpha value is -2.46. The van der Waals surface area contributed by atoms with Crippen LogP contribution in [0.4, 0.5) is 0 Å². The summed E-state index contributed by atoms with van der Waals surface area (Å²) in [5.74, 6) is 0.144. The summed E-state index contributed by atoms with van der Waals surface area (Å²) in [6.45, 7) is 15.3. The lowest BCUT2D eigenvalue weighted by molar-refractivity contribution is 0.102. The van der Waals surface area contributed by atoms with E-state index < -0.39 is 0 Å². The van der Waals surface area contributed by atoms with Gasteiger partial charge in [-0.05, 0) is 56.8 Å². The van der Waals surface area contributed by atoms with E-state index in [1.54, 1.807) is 7.05 Å². The van der Waals surface area contributed by atoms with Crippen molar-refractivity contribution in [2.75, 3.05) is 20.1 Å². The average Bonchev–Trinajstić information content (AvgIpc) is 3.13. The van der Waals surface area contributed by atoms with Gasteiger partial charge < -0.3 is 4.98 Å². The van der Waals surface area contributed by atoms with Crippen LogP contribution in [-0.2, 0) is 5.41 Å². The lowest BCUT2D eigenvalue weighted by Crippen LogP contribution is -2.45. The molecule has 2 heterocycles. The van der Waals surface area contributed by atoms with E-state index in [-0.39, 0.29) is 11.2 Å². The number of Topliss-reactive ketones (excluding diaryl/α,β-unsaturated/α-hetero) is 1. The van der Waals surface area contributed by atoms with Gasteiger partial charge in [0.25, 0.3) is 0 Å². The Morgan fingerprint density at radius 2 is 2.03 bits per heavy atom. The number of rotatable bonds is 4. The highest BCUT2D eigenvalue weighted by Crippen LogP contribution is 2.45. The zero-order chi connectivity index (χ0) is 23.0. The number of piperidine rings is 1. The summed E-state index contributed by atoms with van der Waals surface area (Å²) in [4.78, 5) is 24.1. The molecule has 1 aliphatic heterocycles. The van der Waals surface area contributed by atoms with Gasteiger partial charge in [-0.3, -0.25) is 14.7 Å². The number of nitrogens with zero attached hydrogens (tertiary/aromatic N) is 2. The van der Waals surface area contributed by atoms with E-state index in [2.05, 4.69) is 48.3 Å². The van der Waals surface area contributed by atoms with Crippen molar-refractivity contribution in [3.8, 4) is 0 Å². The minimum atomic E-state index is -0.232. The maximum atomic E-state index is 13.9. The van der Waals surface area contributed by atoms with Gasteiger partial charge in [-0.15, -0.1) is 0 Å². The third-order valence-corrected chi connectivity index (χ3v) is 7.54. The number of likely N-dealkylation sites (tertiary alicyclic amines) is 1. The fraction of sp³-hybridized carbons (Fsp3) is 0.500. The molecule has 170 valence electrons. The lowest BCUT2D eigenvalue weighted by Gasteiger charge is -2.43. The van der Waals surface area contributed by atoms with E-state index in [0.29, 0.717) is 6.04 Å². The molecule has 0 radical (unpaired) electrons. The zero-order valence-corrected chi connectivity index (χ0v) is 20.3. The summed E-state index contributed by atoms with van der Waals surface area (Å²) in [7, 11) is 1.76. The van der Waals surface area contributed by atoms with E-state index in [0.717, 1.165) is 45.8 Å². The van der Waals surface area contributed by atoms with Crippen LogP contribution in [0.5, 0.6) is 0 Å². The molecule has 4 heteroatoms. The maximum absolute atomic E-state index is 13.9. The molecule has 0 saturated carbocycles. The SMILES string of the molecule is C=c1[nH]c2c(/c1=C/C=C(C)/C=N\C)C(=O)C1=C(CC(N3CCCCC3)C(CC)=C1)C2(C)C. The third kappa shape index (κ3) is 3.79. The van der Waals surface area contributed by atoms with E-state index in [9.17, 15) is 4.79 Å². The molecule has 1 saturated heterocycles. The van der Waals surface area contributed by atoms with Crippen molar-refractivity contribution in [2.24, 2.45) is 4.99 Å². The first-order chi connectivity index (χ1) is 15.3. The van der Waals surface area contributed by atoms with Gasteiger partial charge in [0.2, 0.25) is 0 Å². The Balaban J connectivity index is 1.82. The van der Waals surface area contributed by atoms with Crippen molar-refractivity contribution in [3.05, 3.63) is 56.3 Å². The van der Waals surface area contributed by atoms with Crippen LogP contribution < -0.4 is 10.6 Å². The minimum absolute atomic E-state index is 0.144. The Morgan fingerprint density at radius 3 is 2.69 bits per heavy atom. The normalized spacial score (nSPS) is 24.7. The number of carbonyl (C=O) groups is 1. The van der Waals surface area contributed by atoms with Gasteiger partial charge in [0.05, 0.1) is 5.56 Å². The largest absolute Gasteiger partial charge is 0.358 e. The summed E-state index contributed by atoms with van der Waals surface area (Å²) in [5, 5.41) is 1.71. The van der Waals surface area contributed by atoms with E-state index in [1.165, 1.54) is 43.5 Å². The third-order valence-electron chi connectivity index (χ3n) is 7.54. The number of H-pyrrole nitrogens is 1. The average molecular weight is 432 g/mol. The number of fused-ring (bicyclic) bond motifs is 1. The van der Waals surface area contributed by atoms with Crippen molar-refractivity contribution in [2.45, 2.75) is 71.3 Å². The number of nitrogens with one attached hydrogen (secondary N) is 1. The Labute approximate surface area is 192 Å². The van der Waals surface area contributed by atoms with Crippen LogP contribution in [0.15, 0.2) is 39.4 Å². The lowest BCUT2D eigenvalue weighted by atomic mass is 9.66. The summed E-state index contributed by atoms with van der Waals surface area (Å²) in [5.41, 5.74) is 6.21. The van der Waals surface area contributed by atoms with Crippen molar-refractivity contribution >= 4 is 24.7 Å². The molecule has 1 aromatic rings. The molecular weight excluding hydrogens is 394 g/mol. The summed E-state index contributed by atoms with van der Waals surface area (Å²) in [6, 6.07) is 0.423. The molecule has 1 atom stereocenters. The smallest absolute Gasteiger partial charge is 0.195 e. The van der Waals surface area contributed by atoms with Crippen LogP contribution in [0.1, 0.15) is 75.9 Å². The summed E-state index contributed by atoms with van der Waals surface area (Å²) < 4.78 is 0. The second kappa shape index (κ2) is 8.82. The molecule has 1 fully saturated rings. The van der Waals surface area contributed by atoms with E-state index >= 15 is 0 Å². The Bertz CT molecular complexity index is 1150. The number of hydrogen-bond donors (Lipinski definition) is 1. The first-order valence-corrected chi connectivity index (χ1v) is 12.0. The fourth-order valence-electron chi connectivity index (χ4n) is 5.73. The second-order valence-electron chi connectivity index (χ2n) is 9.97. The predicted octanol–water partition coefficient (Wildman–Crippen LogP) is 4.22. The van der Waals surface area contributed by atoms with Gasteiger partial charge in [-0.2, -0.15) is 0 Å². The molecule has 0 amide bonds. The quantitative estimate of drug-likeness (QED) is 0.726. The van der Waals surface area contributed by atoms with Crippen LogP contribution in [0.3, 0.4) is 0 Å². The number of aliphatic imine (C=N–C) groups is 1. The van der Waals surface area contributed by atoms with E-state index in [4.69, 9.17) is 0 Å². The molecule has 0 aromatic carbocycles. The monoisotopic (exact) mass is 431 g/mol. The molecule has 1 unspecified atom stereocenters. The first-order valence-electron chi connectivity index (χ1n) is 12.0. The molecule has 3 aliphatic rings. The standard InChI is InChI=1S/C28H37N3O/c1-7-20-15-22-23(16-24(20)31-13-9-8-10-14-31)28(4,5)27-25(26(22)32)21(19(3)30-27)12-11-18(2)17-29-6/h11-12,15,17,24,30H,3,7-10,13-14,16H2,1-2,4-6H3/b18-11+,21-12+,29-17-. The first kappa shape index (κ1) is 22.7. The number of allylic oxidation sites excluding steroid dienone is 4. The zero-order valence-electron chi connectivity index (χ0n) is 20.3. The highest BCUT2D eigenvalue weighted by atomic mass is 16.1. The Morgan fingerprint density at radius 1 is 1.31 bits per heavy atom. The number of hydrogen-bond acceptors (Lipinski definition) is 3.